The van der Waals surface area contributed by atoms with E-state index in [2.05, 4.69) is 9.88 Å². The van der Waals surface area contributed by atoms with Gasteiger partial charge in [-0.05, 0) is 38.4 Å². The molecule has 0 saturated carbocycles. The van der Waals surface area contributed by atoms with E-state index in [1.807, 2.05) is 13.0 Å². The van der Waals surface area contributed by atoms with Gasteiger partial charge in [-0.15, -0.1) is 0 Å². The Morgan fingerprint density at radius 2 is 2.38 bits per heavy atom. The average Bonchev–Trinajstić information content (AvgIpc) is 2.24. The Labute approximate surface area is 96.1 Å². The van der Waals surface area contributed by atoms with E-state index in [4.69, 9.17) is 5.73 Å². The molecular formula is C12H19N3O. The summed E-state index contributed by atoms with van der Waals surface area (Å²) in [6.07, 6.45) is 2.23. The number of rotatable bonds is 2. The van der Waals surface area contributed by atoms with Crippen molar-refractivity contribution in [1.82, 2.24) is 9.88 Å². The molecule has 4 nitrogen and oxygen atoms in total. The lowest BCUT2D eigenvalue weighted by Crippen LogP contribution is -2.42. The highest BCUT2D eigenvalue weighted by atomic mass is 16.3. The van der Waals surface area contributed by atoms with Crippen molar-refractivity contribution in [2.24, 2.45) is 5.73 Å². The molecular weight excluding hydrogens is 202 g/mol. The summed E-state index contributed by atoms with van der Waals surface area (Å²) in [5.74, 6) is 0.282. The molecule has 1 aliphatic rings. The van der Waals surface area contributed by atoms with Crippen LogP contribution in [0.5, 0.6) is 5.75 Å². The normalized spacial score (nSPS) is 22.2. The first-order valence-corrected chi connectivity index (χ1v) is 5.78. The van der Waals surface area contributed by atoms with Crippen LogP contribution in [0.4, 0.5) is 0 Å². The third kappa shape index (κ3) is 2.71. The highest BCUT2D eigenvalue weighted by molar-refractivity contribution is 5.27. The van der Waals surface area contributed by atoms with E-state index >= 15 is 0 Å². The quantitative estimate of drug-likeness (QED) is 0.782. The fourth-order valence-corrected chi connectivity index (χ4v) is 2.17. The summed E-state index contributed by atoms with van der Waals surface area (Å²) < 4.78 is 0. The first kappa shape index (κ1) is 11.4. The fourth-order valence-electron chi connectivity index (χ4n) is 2.17. The maximum Gasteiger partial charge on any atom is 0.138 e. The molecule has 1 saturated heterocycles. The van der Waals surface area contributed by atoms with Crippen molar-refractivity contribution in [2.75, 3.05) is 13.1 Å². The number of piperidine rings is 1. The van der Waals surface area contributed by atoms with Crippen LogP contribution in [0.2, 0.25) is 0 Å². The molecule has 1 aromatic rings. The van der Waals surface area contributed by atoms with E-state index < -0.39 is 0 Å². The predicted octanol–water partition coefficient (Wildman–Crippen LogP) is 1.02. The molecule has 0 aliphatic carbocycles. The number of likely N-dealkylation sites (tertiary alicyclic amines) is 1. The second kappa shape index (κ2) is 4.80. The molecule has 2 heterocycles. The number of hydrogen-bond donors (Lipinski definition) is 2. The molecule has 1 fully saturated rings. The Morgan fingerprint density at radius 1 is 1.56 bits per heavy atom. The summed E-state index contributed by atoms with van der Waals surface area (Å²) in [6, 6.07) is 3.79. The molecule has 16 heavy (non-hydrogen) atoms. The van der Waals surface area contributed by atoms with Crippen molar-refractivity contribution in [1.29, 1.82) is 0 Å². The van der Waals surface area contributed by atoms with Gasteiger partial charge in [0.25, 0.3) is 0 Å². The molecule has 0 bridgehead atoms. The van der Waals surface area contributed by atoms with Crippen LogP contribution in [-0.4, -0.2) is 34.1 Å². The van der Waals surface area contributed by atoms with Crippen molar-refractivity contribution in [3.05, 3.63) is 23.5 Å². The molecule has 1 atom stereocenters. The van der Waals surface area contributed by atoms with Gasteiger partial charge >= 0.3 is 0 Å². The van der Waals surface area contributed by atoms with Crippen LogP contribution in [0.25, 0.3) is 0 Å². The maximum atomic E-state index is 9.71. The topological polar surface area (TPSA) is 62.4 Å². The Bertz CT molecular complexity index is 367. The molecule has 1 aromatic heterocycles. The van der Waals surface area contributed by atoms with Gasteiger partial charge < -0.3 is 10.8 Å². The number of aryl methyl sites for hydroxylation is 1. The van der Waals surface area contributed by atoms with Gasteiger partial charge in [0.2, 0.25) is 0 Å². The molecule has 0 spiro atoms. The van der Waals surface area contributed by atoms with E-state index in [0.29, 0.717) is 6.54 Å². The summed E-state index contributed by atoms with van der Waals surface area (Å²) in [7, 11) is 0. The minimum atomic E-state index is 0.265. The molecule has 2 rings (SSSR count). The van der Waals surface area contributed by atoms with Crippen molar-refractivity contribution in [2.45, 2.75) is 32.4 Å². The van der Waals surface area contributed by atoms with Crippen molar-refractivity contribution < 1.29 is 5.11 Å². The Morgan fingerprint density at radius 3 is 3.12 bits per heavy atom. The summed E-state index contributed by atoms with van der Waals surface area (Å²) in [5.41, 5.74) is 7.62. The van der Waals surface area contributed by atoms with Gasteiger partial charge in [0.05, 0.1) is 5.69 Å². The predicted molar refractivity (Wildman–Crippen MR) is 63.1 cm³/mol. The Balaban J connectivity index is 2.05. The van der Waals surface area contributed by atoms with Crippen LogP contribution in [0.15, 0.2) is 12.1 Å². The molecule has 4 heteroatoms. The van der Waals surface area contributed by atoms with Crippen molar-refractivity contribution >= 4 is 0 Å². The highest BCUT2D eigenvalue weighted by Gasteiger charge is 2.18. The fraction of sp³-hybridized carbons (Fsp3) is 0.583. The standard InChI is InChI=1S/C12H19N3O/c1-9-4-5-12(16)11(14-9)8-15-6-2-3-10(13)7-15/h4-5,10,16H,2-3,6-8,13H2,1H3. The maximum absolute atomic E-state index is 9.71. The summed E-state index contributed by atoms with van der Waals surface area (Å²) in [4.78, 5) is 6.62. The van der Waals surface area contributed by atoms with Gasteiger partial charge in [0.1, 0.15) is 5.75 Å². The Hall–Kier alpha value is -1.13. The highest BCUT2D eigenvalue weighted by Crippen LogP contribution is 2.18. The molecule has 0 amide bonds. The van der Waals surface area contributed by atoms with E-state index in [-0.39, 0.29) is 11.8 Å². The molecule has 0 radical (unpaired) electrons. The second-order valence-corrected chi connectivity index (χ2v) is 4.56. The van der Waals surface area contributed by atoms with Gasteiger partial charge in [-0.1, -0.05) is 0 Å². The number of hydrogen-bond acceptors (Lipinski definition) is 4. The SMILES string of the molecule is Cc1ccc(O)c(CN2CCCC(N)C2)n1. The summed E-state index contributed by atoms with van der Waals surface area (Å²) in [5, 5.41) is 9.71. The largest absolute Gasteiger partial charge is 0.506 e. The summed E-state index contributed by atoms with van der Waals surface area (Å²) >= 11 is 0. The van der Waals surface area contributed by atoms with Gasteiger partial charge in [-0.2, -0.15) is 0 Å². The lowest BCUT2D eigenvalue weighted by atomic mass is 10.1. The monoisotopic (exact) mass is 221 g/mol. The zero-order chi connectivity index (χ0) is 11.5. The van der Waals surface area contributed by atoms with Crippen molar-refractivity contribution in [3.63, 3.8) is 0 Å². The third-order valence-electron chi connectivity index (χ3n) is 3.00. The Kier molecular flexibility index (Phi) is 3.41. The van der Waals surface area contributed by atoms with Crippen molar-refractivity contribution in [3.8, 4) is 5.75 Å². The molecule has 3 N–H and O–H groups in total. The van der Waals surface area contributed by atoms with Crippen LogP contribution in [-0.2, 0) is 6.54 Å². The molecule has 0 aromatic carbocycles. The molecule has 1 unspecified atom stereocenters. The minimum absolute atomic E-state index is 0.265. The number of aromatic nitrogens is 1. The first-order chi connectivity index (χ1) is 7.65. The number of nitrogens with zero attached hydrogens (tertiary/aromatic N) is 2. The first-order valence-electron chi connectivity index (χ1n) is 5.78. The van der Waals surface area contributed by atoms with Gasteiger partial charge in [0, 0.05) is 24.8 Å². The van der Waals surface area contributed by atoms with Crippen LogP contribution in [0.3, 0.4) is 0 Å². The van der Waals surface area contributed by atoms with Gasteiger partial charge in [0.15, 0.2) is 0 Å². The van der Waals surface area contributed by atoms with E-state index in [1.54, 1.807) is 6.07 Å². The lowest BCUT2D eigenvalue weighted by molar-refractivity contribution is 0.197. The van der Waals surface area contributed by atoms with E-state index in [1.165, 1.54) is 0 Å². The summed E-state index contributed by atoms with van der Waals surface area (Å²) in [6.45, 7) is 4.57. The van der Waals surface area contributed by atoms with Crippen LogP contribution < -0.4 is 5.73 Å². The molecule has 1 aliphatic heterocycles. The van der Waals surface area contributed by atoms with E-state index in [9.17, 15) is 5.11 Å². The number of pyridine rings is 1. The minimum Gasteiger partial charge on any atom is -0.506 e. The van der Waals surface area contributed by atoms with Gasteiger partial charge in [-0.25, -0.2) is 0 Å². The van der Waals surface area contributed by atoms with Crippen LogP contribution >= 0.6 is 0 Å². The van der Waals surface area contributed by atoms with Gasteiger partial charge in [-0.3, -0.25) is 9.88 Å². The average molecular weight is 221 g/mol. The van der Waals surface area contributed by atoms with Crippen LogP contribution in [0.1, 0.15) is 24.2 Å². The number of aromatic hydroxyl groups is 1. The van der Waals surface area contributed by atoms with E-state index in [0.717, 1.165) is 37.3 Å². The molecule has 88 valence electrons. The zero-order valence-electron chi connectivity index (χ0n) is 9.69. The smallest absolute Gasteiger partial charge is 0.138 e. The second-order valence-electron chi connectivity index (χ2n) is 4.56. The number of nitrogens with two attached hydrogens (primary N) is 1. The lowest BCUT2D eigenvalue weighted by Gasteiger charge is -2.30. The third-order valence-corrected chi connectivity index (χ3v) is 3.00. The zero-order valence-corrected chi connectivity index (χ0v) is 9.69. The van der Waals surface area contributed by atoms with Crippen LogP contribution in [0, 0.1) is 6.92 Å².